The first-order chi connectivity index (χ1) is 10.3. The number of benzene rings is 1. The molecule has 21 heavy (non-hydrogen) atoms. The van der Waals surface area contributed by atoms with Crippen LogP contribution in [0, 0.1) is 0 Å². The summed E-state index contributed by atoms with van der Waals surface area (Å²) in [5.74, 6) is -0.192. The Morgan fingerprint density at radius 1 is 1.24 bits per heavy atom. The first-order valence-electron chi connectivity index (χ1n) is 7.98. The Morgan fingerprint density at radius 3 is 2.62 bits per heavy atom. The molecule has 1 N–H and O–H groups in total. The van der Waals surface area contributed by atoms with Crippen molar-refractivity contribution in [1.82, 2.24) is 10.2 Å². The Kier molecular flexibility index (Phi) is 6.70. The molecule has 1 aliphatic heterocycles. The normalized spacial score (nSPS) is 17.4. The first-order valence-corrected chi connectivity index (χ1v) is 7.98. The zero-order valence-electron chi connectivity index (χ0n) is 12.9. The van der Waals surface area contributed by atoms with Crippen LogP contribution in [-0.4, -0.2) is 43.7 Å². The highest BCUT2D eigenvalue weighted by atomic mass is 16.5. The van der Waals surface area contributed by atoms with Gasteiger partial charge in [-0.15, -0.1) is 0 Å². The summed E-state index contributed by atoms with van der Waals surface area (Å²) in [7, 11) is 0. The molecule has 1 unspecified atom stereocenters. The topological polar surface area (TPSA) is 41.6 Å². The molecule has 1 fully saturated rings. The van der Waals surface area contributed by atoms with E-state index in [4.69, 9.17) is 4.74 Å². The molecule has 2 rings (SSSR count). The van der Waals surface area contributed by atoms with Gasteiger partial charge in [0.05, 0.1) is 6.61 Å². The largest absolute Gasteiger partial charge is 0.465 e. The van der Waals surface area contributed by atoms with Crippen molar-refractivity contribution in [2.24, 2.45) is 0 Å². The predicted octanol–water partition coefficient (Wildman–Crippen LogP) is 2.37. The Hall–Kier alpha value is -1.39. The molecule has 1 aromatic carbocycles. The third-order valence-electron chi connectivity index (χ3n) is 3.88. The predicted molar refractivity (Wildman–Crippen MR) is 84.1 cm³/mol. The Balaban J connectivity index is 1.88. The standard InChI is InChI=1S/C17H26N2O2/c1-2-21-17(20)16(15-9-5-3-6-10-15)18-11-14-19-12-7-4-8-13-19/h3,5-6,9-10,16,18H,2,4,7-8,11-14H2,1H3. The van der Waals surface area contributed by atoms with Gasteiger partial charge >= 0.3 is 5.97 Å². The molecule has 4 heteroatoms. The fraction of sp³-hybridized carbons (Fsp3) is 0.588. The van der Waals surface area contributed by atoms with Crippen molar-refractivity contribution in [2.75, 3.05) is 32.8 Å². The minimum absolute atomic E-state index is 0.192. The number of likely N-dealkylation sites (tertiary alicyclic amines) is 1. The lowest BCUT2D eigenvalue weighted by Gasteiger charge is -2.27. The lowest BCUT2D eigenvalue weighted by molar-refractivity contribution is -0.145. The van der Waals surface area contributed by atoms with Crippen molar-refractivity contribution in [1.29, 1.82) is 0 Å². The zero-order valence-corrected chi connectivity index (χ0v) is 12.9. The van der Waals surface area contributed by atoms with Gasteiger partial charge in [0.2, 0.25) is 0 Å². The van der Waals surface area contributed by atoms with Crippen molar-refractivity contribution in [2.45, 2.75) is 32.2 Å². The van der Waals surface area contributed by atoms with Crippen LogP contribution in [0.4, 0.5) is 0 Å². The van der Waals surface area contributed by atoms with Crippen LogP contribution in [-0.2, 0) is 9.53 Å². The molecule has 0 amide bonds. The lowest BCUT2D eigenvalue weighted by atomic mass is 10.1. The minimum atomic E-state index is -0.365. The van der Waals surface area contributed by atoms with Crippen LogP contribution in [0.5, 0.6) is 0 Å². The van der Waals surface area contributed by atoms with Gasteiger partial charge in [0, 0.05) is 13.1 Å². The highest BCUT2D eigenvalue weighted by molar-refractivity contribution is 5.77. The second-order valence-corrected chi connectivity index (χ2v) is 5.45. The van der Waals surface area contributed by atoms with E-state index >= 15 is 0 Å². The first kappa shape index (κ1) is 16.0. The Labute approximate surface area is 127 Å². The number of rotatable bonds is 7. The van der Waals surface area contributed by atoms with Crippen LogP contribution in [0.15, 0.2) is 30.3 Å². The molecular weight excluding hydrogens is 264 g/mol. The summed E-state index contributed by atoms with van der Waals surface area (Å²) in [6, 6.07) is 9.43. The second kappa shape index (κ2) is 8.80. The van der Waals surface area contributed by atoms with Gasteiger partial charge in [0.25, 0.3) is 0 Å². The van der Waals surface area contributed by atoms with E-state index in [-0.39, 0.29) is 12.0 Å². The second-order valence-electron chi connectivity index (χ2n) is 5.45. The van der Waals surface area contributed by atoms with Crippen LogP contribution < -0.4 is 5.32 Å². The number of nitrogens with zero attached hydrogens (tertiary/aromatic N) is 1. The summed E-state index contributed by atoms with van der Waals surface area (Å²) in [4.78, 5) is 14.6. The van der Waals surface area contributed by atoms with Gasteiger partial charge in [-0.25, -0.2) is 4.79 Å². The third-order valence-corrected chi connectivity index (χ3v) is 3.88. The van der Waals surface area contributed by atoms with Crippen molar-refractivity contribution in [3.05, 3.63) is 35.9 Å². The maximum absolute atomic E-state index is 12.1. The van der Waals surface area contributed by atoms with Crippen LogP contribution >= 0.6 is 0 Å². The maximum Gasteiger partial charge on any atom is 0.327 e. The Bertz CT molecular complexity index is 416. The lowest BCUT2D eigenvalue weighted by Crippen LogP contribution is -2.39. The van der Waals surface area contributed by atoms with Crippen LogP contribution in [0.25, 0.3) is 0 Å². The van der Waals surface area contributed by atoms with E-state index in [2.05, 4.69) is 10.2 Å². The summed E-state index contributed by atoms with van der Waals surface area (Å²) in [6.07, 6.45) is 3.93. The summed E-state index contributed by atoms with van der Waals surface area (Å²) < 4.78 is 5.19. The fourth-order valence-corrected chi connectivity index (χ4v) is 2.76. The molecule has 4 nitrogen and oxygen atoms in total. The van der Waals surface area contributed by atoms with Crippen molar-refractivity contribution in [3.8, 4) is 0 Å². The average molecular weight is 290 g/mol. The molecular formula is C17H26N2O2. The van der Waals surface area contributed by atoms with E-state index in [1.54, 1.807) is 0 Å². The van der Waals surface area contributed by atoms with E-state index in [1.165, 1.54) is 32.4 Å². The van der Waals surface area contributed by atoms with Crippen molar-refractivity contribution in [3.63, 3.8) is 0 Å². The minimum Gasteiger partial charge on any atom is -0.465 e. The molecule has 0 saturated carbocycles. The number of hydrogen-bond donors (Lipinski definition) is 1. The quantitative estimate of drug-likeness (QED) is 0.783. The molecule has 1 atom stereocenters. The molecule has 1 saturated heterocycles. The van der Waals surface area contributed by atoms with E-state index in [1.807, 2.05) is 37.3 Å². The molecule has 0 bridgehead atoms. The van der Waals surface area contributed by atoms with Gasteiger partial charge in [0.15, 0.2) is 0 Å². The summed E-state index contributed by atoms with van der Waals surface area (Å²) in [6.45, 7) is 6.40. The highest BCUT2D eigenvalue weighted by Gasteiger charge is 2.21. The monoisotopic (exact) mass is 290 g/mol. The molecule has 0 radical (unpaired) electrons. The van der Waals surface area contributed by atoms with Crippen LogP contribution in [0.3, 0.4) is 0 Å². The van der Waals surface area contributed by atoms with Crippen molar-refractivity contribution >= 4 is 5.97 Å². The van der Waals surface area contributed by atoms with E-state index < -0.39 is 0 Å². The maximum atomic E-state index is 12.1. The molecule has 1 heterocycles. The smallest absolute Gasteiger partial charge is 0.327 e. The summed E-state index contributed by atoms with van der Waals surface area (Å²) in [5.41, 5.74) is 0.967. The molecule has 0 aromatic heterocycles. The van der Waals surface area contributed by atoms with Crippen molar-refractivity contribution < 1.29 is 9.53 Å². The molecule has 0 spiro atoms. The van der Waals surface area contributed by atoms with Gasteiger partial charge < -0.3 is 9.64 Å². The number of carbonyl (C=O) groups is 1. The van der Waals surface area contributed by atoms with Gasteiger partial charge in [-0.2, -0.15) is 0 Å². The number of hydrogen-bond acceptors (Lipinski definition) is 4. The molecule has 1 aliphatic rings. The van der Waals surface area contributed by atoms with E-state index in [0.29, 0.717) is 6.61 Å². The number of nitrogens with one attached hydrogen (secondary N) is 1. The molecule has 0 aliphatic carbocycles. The zero-order chi connectivity index (χ0) is 14.9. The fourth-order valence-electron chi connectivity index (χ4n) is 2.76. The Morgan fingerprint density at radius 2 is 1.95 bits per heavy atom. The van der Waals surface area contributed by atoms with E-state index in [9.17, 15) is 4.79 Å². The average Bonchev–Trinajstić information content (AvgIpc) is 2.53. The van der Waals surface area contributed by atoms with Gasteiger partial charge in [-0.05, 0) is 38.4 Å². The number of esters is 1. The van der Waals surface area contributed by atoms with Gasteiger partial charge in [-0.1, -0.05) is 36.8 Å². The highest BCUT2D eigenvalue weighted by Crippen LogP contribution is 2.14. The van der Waals surface area contributed by atoms with E-state index in [0.717, 1.165) is 18.7 Å². The molecule has 116 valence electrons. The van der Waals surface area contributed by atoms with Gasteiger partial charge in [-0.3, -0.25) is 5.32 Å². The third kappa shape index (κ3) is 5.14. The summed E-state index contributed by atoms with van der Waals surface area (Å²) >= 11 is 0. The summed E-state index contributed by atoms with van der Waals surface area (Å²) in [5, 5.41) is 3.35. The number of carbonyl (C=O) groups excluding carboxylic acids is 1. The van der Waals surface area contributed by atoms with Crippen LogP contribution in [0.1, 0.15) is 37.8 Å². The number of ether oxygens (including phenoxy) is 1. The van der Waals surface area contributed by atoms with Crippen LogP contribution in [0.2, 0.25) is 0 Å². The molecule has 1 aromatic rings. The van der Waals surface area contributed by atoms with Gasteiger partial charge in [0.1, 0.15) is 6.04 Å². The number of piperidine rings is 1. The SMILES string of the molecule is CCOC(=O)C(NCCN1CCCCC1)c1ccccc1.